The van der Waals surface area contributed by atoms with Gasteiger partial charge in [0.1, 0.15) is 5.82 Å². The number of carbonyl (C=O) groups excluding carboxylic acids is 1. The van der Waals surface area contributed by atoms with Gasteiger partial charge in [0.05, 0.1) is 18.7 Å². The molecule has 3 heterocycles. The van der Waals surface area contributed by atoms with E-state index in [-0.39, 0.29) is 12.3 Å². The van der Waals surface area contributed by atoms with Crippen LogP contribution in [0.4, 0.5) is 0 Å². The monoisotopic (exact) mass is 290 g/mol. The van der Waals surface area contributed by atoms with Crippen molar-refractivity contribution in [1.29, 1.82) is 0 Å². The molecule has 0 atom stereocenters. The Morgan fingerprint density at radius 2 is 2.35 bits per heavy atom. The van der Waals surface area contributed by atoms with Crippen molar-refractivity contribution in [3.05, 3.63) is 35.1 Å². The van der Waals surface area contributed by atoms with Crippen molar-refractivity contribution in [2.75, 3.05) is 7.05 Å². The van der Waals surface area contributed by atoms with Crippen LogP contribution in [0.25, 0.3) is 4.96 Å². The van der Waals surface area contributed by atoms with Crippen molar-refractivity contribution in [3.63, 3.8) is 0 Å². The van der Waals surface area contributed by atoms with Gasteiger partial charge in [0.15, 0.2) is 10.8 Å². The minimum atomic E-state index is -0.00166. The molecule has 3 aromatic heterocycles. The molecule has 104 valence electrons. The summed E-state index contributed by atoms with van der Waals surface area (Å²) in [6.07, 6.45) is 4.10. The van der Waals surface area contributed by atoms with Gasteiger partial charge in [-0.05, 0) is 6.92 Å². The van der Waals surface area contributed by atoms with E-state index in [2.05, 4.69) is 20.2 Å². The zero-order valence-corrected chi connectivity index (χ0v) is 12.0. The van der Waals surface area contributed by atoms with Gasteiger partial charge in [0.25, 0.3) is 0 Å². The van der Waals surface area contributed by atoms with E-state index < -0.39 is 0 Å². The molecular formula is C12H14N6OS. The van der Waals surface area contributed by atoms with E-state index in [0.29, 0.717) is 12.4 Å². The second kappa shape index (κ2) is 5.04. The van der Waals surface area contributed by atoms with Gasteiger partial charge >= 0.3 is 0 Å². The Labute approximate surface area is 119 Å². The number of nitrogens with one attached hydrogen (secondary N) is 1. The predicted molar refractivity (Wildman–Crippen MR) is 74.4 cm³/mol. The average Bonchev–Trinajstić information content (AvgIpc) is 3.05. The molecule has 0 aliphatic heterocycles. The smallest absolute Gasteiger partial charge is 0.228 e. The number of H-pyrrole nitrogens is 1. The summed E-state index contributed by atoms with van der Waals surface area (Å²) >= 11 is 1.55. The SMILES string of the molecule is Cc1nc(CN(C)C(=O)Cc2cn3ccsc3n2)n[nH]1. The maximum atomic E-state index is 12.1. The number of rotatable bonds is 4. The second-order valence-corrected chi connectivity index (χ2v) is 5.46. The summed E-state index contributed by atoms with van der Waals surface area (Å²) in [6, 6.07) is 0. The molecule has 7 nitrogen and oxygen atoms in total. The van der Waals surface area contributed by atoms with Crippen molar-refractivity contribution in [3.8, 4) is 0 Å². The lowest BCUT2D eigenvalue weighted by Crippen LogP contribution is -2.28. The Morgan fingerprint density at radius 3 is 3.05 bits per heavy atom. The van der Waals surface area contributed by atoms with Gasteiger partial charge < -0.3 is 4.90 Å². The van der Waals surface area contributed by atoms with Crippen molar-refractivity contribution in [1.82, 2.24) is 29.5 Å². The Morgan fingerprint density at radius 1 is 1.50 bits per heavy atom. The van der Waals surface area contributed by atoms with E-state index in [1.54, 1.807) is 23.3 Å². The number of imidazole rings is 1. The zero-order chi connectivity index (χ0) is 14.1. The Balaban J connectivity index is 1.64. The van der Waals surface area contributed by atoms with Crippen molar-refractivity contribution >= 4 is 22.2 Å². The Bertz CT molecular complexity index is 713. The topological polar surface area (TPSA) is 79.2 Å². The van der Waals surface area contributed by atoms with Crippen LogP contribution in [0.15, 0.2) is 17.8 Å². The highest BCUT2D eigenvalue weighted by Crippen LogP contribution is 2.12. The third-order valence-electron chi connectivity index (χ3n) is 2.92. The minimum absolute atomic E-state index is 0.00166. The molecule has 0 fully saturated rings. The van der Waals surface area contributed by atoms with E-state index in [1.165, 1.54) is 0 Å². The van der Waals surface area contributed by atoms with Gasteiger partial charge in [-0.1, -0.05) is 0 Å². The van der Waals surface area contributed by atoms with Gasteiger partial charge in [-0.25, -0.2) is 9.97 Å². The summed E-state index contributed by atoms with van der Waals surface area (Å²) in [4.78, 5) is 23.2. The van der Waals surface area contributed by atoms with Gasteiger partial charge in [0, 0.05) is 24.8 Å². The first-order valence-electron chi connectivity index (χ1n) is 6.15. The van der Waals surface area contributed by atoms with Crippen LogP contribution in [0, 0.1) is 6.92 Å². The lowest BCUT2D eigenvalue weighted by Gasteiger charge is -2.14. The standard InChI is InChI=1S/C12H14N6OS/c1-8-13-10(16-15-8)7-17(2)11(19)5-9-6-18-3-4-20-12(18)14-9/h3-4,6H,5,7H2,1-2H3,(H,13,15,16). The summed E-state index contributed by atoms with van der Waals surface area (Å²) in [7, 11) is 1.74. The van der Waals surface area contributed by atoms with Crippen LogP contribution in [-0.4, -0.2) is 42.4 Å². The van der Waals surface area contributed by atoms with Crippen molar-refractivity contribution in [2.45, 2.75) is 19.9 Å². The molecule has 0 saturated carbocycles. The predicted octanol–water partition coefficient (Wildman–Crippen LogP) is 1.02. The number of amides is 1. The number of thiazole rings is 1. The molecule has 3 aromatic rings. The highest BCUT2D eigenvalue weighted by molar-refractivity contribution is 7.15. The number of fused-ring (bicyclic) bond motifs is 1. The third-order valence-corrected chi connectivity index (χ3v) is 3.69. The quantitative estimate of drug-likeness (QED) is 0.778. The fourth-order valence-corrected chi connectivity index (χ4v) is 2.63. The maximum Gasteiger partial charge on any atom is 0.228 e. The molecule has 1 amide bonds. The molecule has 0 aliphatic rings. The average molecular weight is 290 g/mol. The molecule has 0 bridgehead atoms. The number of aromatic amines is 1. The summed E-state index contributed by atoms with van der Waals surface area (Å²) in [5.41, 5.74) is 0.778. The molecule has 0 aromatic carbocycles. The lowest BCUT2D eigenvalue weighted by atomic mass is 10.3. The molecular weight excluding hydrogens is 276 g/mol. The van der Waals surface area contributed by atoms with Crippen LogP contribution in [0.3, 0.4) is 0 Å². The number of aryl methyl sites for hydroxylation is 1. The molecule has 0 unspecified atom stereocenters. The van der Waals surface area contributed by atoms with Crippen LogP contribution < -0.4 is 0 Å². The molecule has 8 heteroatoms. The first kappa shape index (κ1) is 12.8. The first-order valence-corrected chi connectivity index (χ1v) is 7.02. The zero-order valence-electron chi connectivity index (χ0n) is 11.2. The minimum Gasteiger partial charge on any atom is -0.338 e. The van der Waals surface area contributed by atoms with Crippen LogP contribution in [0.2, 0.25) is 0 Å². The number of hydrogen-bond acceptors (Lipinski definition) is 5. The normalized spacial score (nSPS) is 11.1. The highest BCUT2D eigenvalue weighted by Gasteiger charge is 2.14. The third kappa shape index (κ3) is 2.55. The van der Waals surface area contributed by atoms with E-state index in [4.69, 9.17) is 0 Å². The summed E-state index contributed by atoms with van der Waals surface area (Å²) in [5.74, 6) is 1.36. The summed E-state index contributed by atoms with van der Waals surface area (Å²) in [5, 5.41) is 8.75. The molecule has 3 rings (SSSR count). The number of carbonyl (C=O) groups is 1. The lowest BCUT2D eigenvalue weighted by molar-refractivity contribution is -0.129. The van der Waals surface area contributed by atoms with E-state index in [1.807, 2.05) is 29.1 Å². The molecule has 0 aliphatic carbocycles. The van der Waals surface area contributed by atoms with E-state index >= 15 is 0 Å². The highest BCUT2D eigenvalue weighted by atomic mass is 32.1. The van der Waals surface area contributed by atoms with Crippen LogP contribution in [0.1, 0.15) is 17.3 Å². The number of aromatic nitrogens is 5. The fourth-order valence-electron chi connectivity index (χ4n) is 1.91. The van der Waals surface area contributed by atoms with Crippen LogP contribution in [-0.2, 0) is 17.8 Å². The molecule has 0 saturated heterocycles. The fraction of sp³-hybridized carbons (Fsp3) is 0.333. The number of likely N-dealkylation sites (N-methyl/N-ethyl adjacent to an activating group) is 1. The number of nitrogens with zero attached hydrogens (tertiary/aromatic N) is 5. The molecule has 0 radical (unpaired) electrons. The Kier molecular flexibility index (Phi) is 3.23. The van der Waals surface area contributed by atoms with E-state index in [9.17, 15) is 4.79 Å². The van der Waals surface area contributed by atoms with E-state index in [0.717, 1.165) is 16.5 Å². The largest absolute Gasteiger partial charge is 0.338 e. The van der Waals surface area contributed by atoms with Gasteiger partial charge in [-0.3, -0.25) is 14.3 Å². The number of hydrogen-bond donors (Lipinski definition) is 1. The van der Waals surface area contributed by atoms with Crippen molar-refractivity contribution in [2.24, 2.45) is 0 Å². The second-order valence-electron chi connectivity index (χ2n) is 4.59. The van der Waals surface area contributed by atoms with Gasteiger partial charge in [0.2, 0.25) is 5.91 Å². The first-order chi connectivity index (χ1) is 9.61. The molecule has 0 spiro atoms. The summed E-state index contributed by atoms with van der Waals surface area (Å²) in [6.45, 7) is 2.22. The molecule has 20 heavy (non-hydrogen) atoms. The Hall–Kier alpha value is -2.22. The van der Waals surface area contributed by atoms with Crippen LogP contribution >= 0.6 is 11.3 Å². The molecule has 1 N–H and O–H groups in total. The van der Waals surface area contributed by atoms with Gasteiger partial charge in [-0.2, -0.15) is 5.10 Å². The van der Waals surface area contributed by atoms with Crippen molar-refractivity contribution < 1.29 is 4.79 Å². The maximum absolute atomic E-state index is 12.1. The van der Waals surface area contributed by atoms with Gasteiger partial charge in [-0.15, -0.1) is 11.3 Å². The summed E-state index contributed by atoms with van der Waals surface area (Å²) < 4.78 is 1.92. The van der Waals surface area contributed by atoms with Crippen LogP contribution in [0.5, 0.6) is 0 Å².